The smallest absolute Gasteiger partial charge is 0.253 e. The third-order valence-electron chi connectivity index (χ3n) is 5.56. The van der Waals surface area contributed by atoms with Crippen LogP contribution in [0.1, 0.15) is 48.0 Å². The van der Waals surface area contributed by atoms with Crippen LogP contribution in [0.15, 0.2) is 46.3 Å². The normalized spacial score (nSPS) is 15.1. The minimum Gasteiger partial charge on any atom is -0.339 e. The summed E-state index contributed by atoms with van der Waals surface area (Å²) in [6, 6.07) is 12.0. The number of aromatic nitrogens is 2. The summed E-state index contributed by atoms with van der Waals surface area (Å²) in [4.78, 5) is 22.7. The Bertz CT molecular complexity index is 942. The molecule has 6 nitrogen and oxygen atoms in total. The Morgan fingerprint density at radius 3 is 2.57 bits per heavy atom. The number of carbonyl (C=O) groups excluding carboxylic acids is 1. The highest BCUT2D eigenvalue weighted by molar-refractivity contribution is 7.13. The molecule has 1 aliphatic rings. The maximum absolute atomic E-state index is 12.8. The lowest BCUT2D eigenvalue weighted by Gasteiger charge is -2.34. The van der Waals surface area contributed by atoms with Gasteiger partial charge in [-0.2, -0.15) is 4.98 Å². The van der Waals surface area contributed by atoms with E-state index in [-0.39, 0.29) is 5.91 Å². The number of hydrogen-bond donors (Lipinski definition) is 0. The number of piperazine rings is 1. The van der Waals surface area contributed by atoms with Crippen molar-refractivity contribution in [3.8, 4) is 10.7 Å². The van der Waals surface area contributed by atoms with E-state index in [4.69, 9.17) is 4.52 Å². The van der Waals surface area contributed by atoms with Gasteiger partial charge < -0.3 is 9.42 Å². The van der Waals surface area contributed by atoms with Crippen LogP contribution in [0.3, 0.4) is 0 Å². The van der Waals surface area contributed by atoms with Crippen LogP contribution in [0.2, 0.25) is 0 Å². The van der Waals surface area contributed by atoms with Crippen molar-refractivity contribution in [1.82, 2.24) is 19.9 Å². The van der Waals surface area contributed by atoms with Crippen LogP contribution in [0.4, 0.5) is 0 Å². The molecule has 0 unspecified atom stereocenters. The molecule has 3 aromatic rings. The van der Waals surface area contributed by atoms with Crippen molar-refractivity contribution in [2.45, 2.75) is 32.6 Å². The van der Waals surface area contributed by atoms with Crippen LogP contribution in [-0.2, 0) is 6.42 Å². The summed E-state index contributed by atoms with van der Waals surface area (Å²) >= 11 is 1.61. The zero-order chi connectivity index (χ0) is 20.9. The number of hydrogen-bond acceptors (Lipinski definition) is 6. The van der Waals surface area contributed by atoms with Gasteiger partial charge in [-0.05, 0) is 48.0 Å². The van der Waals surface area contributed by atoms with Crippen molar-refractivity contribution in [3.05, 3.63) is 58.8 Å². The Labute approximate surface area is 181 Å². The number of aryl methyl sites for hydroxylation is 1. The molecular weight excluding hydrogens is 396 g/mol. The molecule has 4 rings (SSSR count). The molecule has 1 aromatic carbocycles. The van der Waals surface area contributed by atoms with E-state index in [1.807, 2.05) is 34.5 Å². The number of carbonyl (C=O) groups is 1. The first-order chi connectivity index (χ1) is 14.6. The molecule has 1 amide bonds. The molecule has 1 saturated heterocycles. The zero-order valence-corrected chi connectivity index (χ0v) is 18.4. The van der Waals surface area contributed by atoms with Crippen LogP contribution in [0, 0.1) is 0 Å². The Morgan fingerprint density at radius 2 is 1.90 bits per heavy atom. The second-order valence-electron chi connectivity index (χ2n) is 8.00. The SMILES string of the molecule is CC(C)c1ccc(C(=O)N2CCN(CCCc3nc(-c4cccs4)no3)CC2)cc1. The quantitative estimate of drug-likeness (QED) is 0.565. The van der Waals surface area contributed by atoms with Gasteiger partial charge in [0, 0.05) is 38.2 Å². The molecule has 30 heavy (non-hydrogen) atoms. The third kappa shape index (κ3) is 4.96. The van der Waals surface area contributed by atoms with Crippen LogP contribution in [0.5, 0.6) is 0 Å². The highest BCUT2D eigenvalue weighted by Gasteiger charge is 2.22. The highest BCUT2D eigenvalue weighted by Crippen LogP contribution is 2.21. The second kappa shape index (κ2) is 9.53. The Balaban J connectivity index is 1.20. The Hall–Kier alpha value is -2.51. The van der Waals surface area contributed by atoms with Crippen molar-refractivity contribution in [2.75, 3.05) is 32.7 Å². The van der Waals surface area contributed by atoms with Gasteiger partial charge in [0.25, 0.3) is 5.91 Å². The molecule has 1 aliphatic heterocycles. The third-order valence-corrected chi connectivity index (χ3v) is 6.42. The summed E-state index contributed by atoms with van der Waals surface area (Å²) in [5.41, 5.74) is 2.05. The second-order valence-corrected chi connectivity index (χ2v) is 8.95. The number of rotatable bonds is 7. The predicted octanol–water partition coefficient (Wildman–Crippen LogP) is 4.31. The molecule has 0 N–H and O–H groups in total. The number of amides is 1. The van der Waals surface area contributed by atoms with Gasteiger partial charge in [0.05, 0.1) is 4.88 Å². The summed E-state index contributed by atoms with van der Waals surface area (Å²) in [6.07, 6.45) is 1.75. The maximum Gasteiger partial charge on any atom is 0.253 e. The molecule has 0 spiro atoms. The molecule has 0 aliphatic carbocycles. The average molecular weight is 425 g/mol. The fourth-order valence-electron chi connectivity index (χ4n) is 3.68. The van der Waals surface area contributed by atoms with E-state index in [0.717, 1.165) is 56.0 Å². The van der Waals surface area contributed by atoms with E-state index < -0.39 is 0 Å². The van der Waals surface area contributed by atoms with Crippen LogP contribution < -0.4 is 0 Å². The molecule has 2 aromatic heterocycles. The molecule has 0 bridgehead atoms. The van der Waals surface area contributed by atoms with Gasteiger partial charge in [0.2, 0.25) is 11.7 Å². The lowest BCUT2D eigenvalue weighted by molar-refractivity contribution is 0.0635. The fraction of sp³-hybridized carbons (Fsp3) is 0.435. The van der Waals surface area contributed by atoms with Crippen molar-refractivity contribution in [3.63, 3.8) is 0 Å². The van der Waals surface area contributed by atoms with Gasteiger partial charge in [-0.25, -0.2) is 0 Å². The summed E-state index contributed by atoms with van der Waals surface area (Å²) in [6.45, 7) is 8.65. The molecule has 7 heteroatoms. The van der Waals surface area contributed by atoms with E-state index >= 15 is 0 Å². The van der Waals surface area contributed by atoms with Crippen LogP contribution >= 0.6 is 11.3 Å². The molecule has 3 heterocycles. The fourth-order valence-corrected chi connectivity index (χ4v) is 4.33. The number of nitrogens with zero attached hydrogens (tertiary/aromatic N) is 4. The van der Waals surface area contributed by atoms with Gasteiger partial charge >= 0.3 is 0 Å². The van der Waals surface area contributed by atoms with Crippen LogP contribution in [-0.4, -0.2) is 58.6 Å². The first kappa shape index (κ1) is 20.8. The minimum atomic E-state index is 0.136. The summed E-state index contributed by atoms with van der Waals surface area (Å²) < 4.78 is 5.37. The Morgan fingerprint density at radius 1 is 1.13 bits per heavy atom. The Kier molecular flexibility index (Phi) is 6.59. The standard InChI is InChI=1S/C23H28N4O2S/c1-17(2)18-7-9-19(10-8-18)23(28)27-14-12-26(13-15-27)11-3-6-21-24-22(25-29-21)20-5-4-16-30-20/h4-5,7-10,16-17H,3,6,11-15H2,1-2H3. The zero-order valence-electron chi connectivity index (χ0n) is 17.6. The summed E-state index contributed by atoms with van der Waals surface area (Å²) in [5.74, 6) is 1.98. The van der Waals surface area contributed by atoms with E-state index in [1.165, 1.54) is 5.56 Å². The van der Waals surface area contributed by atoms with E-state index in [1.54, 1.807) is 11.3 Å². The lowest BCUT2D eigenvalue weighted by atomic mass is 10.0. The molecule has 158 valence electrons. The van der Waals surface area contributed by atoms with Gasteiger partial charge in [-0.1, -0.05) is 37.2 Å². The van der Waals surface area contributed by atoms with Gasteiger partial charge in [-0.15, -0.1) is 11.3 Å². The minimum absolute atomic E-state index is 0.136. The molecule has 0 radical (unpaired) electrons. The molecule has 0 saturated carbocycles. The number of thiophene rings is 1. The molecular formula is C23H28N4O2S. The van der Waals surface area contributed by atoms with E-state index in [9.17, 15) is 4.79 Å². The molecule has 0 atom stereocenters. The topological polar surface area (TPSA) is 62.5 Å². The van der Waals surface area contributed by atoms with Gasteiger partial charge in [-0.3, -0.25) is 9.69 Å². The largest absolute Gasteiger partial charge is 0.339 e. The average Bonchev–Trinajstić information content (AvgIpc) is 3.46. The van der Waals surface area contributed by atoms with Gasteiger partial charge in [0.15, 0.2) is 0 Å². The van der Waals surface area contributed by atoms with E-state index in [0.29, 0.717) is 17.6 Å². The highest BCUT2D eigenvalue weighted by atomic mass is 32.1. The van der Waals surface area contributed by atoms with Crippen LogP contribution in [0.25, 0.3) is 10.7 Å². The molecule has 1 fully saturated rings. The maximum atomic E-state index is 12.8. The predicted molar refractivity (Wildman–Crippen MR) is 119 cm³/mol. The van der Waals surface area contributed by atoms with E-state index in [2.05, 4.69) is 41.0 Å². The first-order valence-electron chi connectivity index (χ1n) is 10.6. The lowest BCUT2D eigenvalue weighted by Crippen LogP contribution is -2.48. The summed E-state index contributed by atoms with van der Waals surface area (Å²) in [7, 11) is 0. The van der Waals surface area contributed by atoms with Crippen molar-refractivity contribution in [1.29, 1.82) is 0 Å². The number of benzene rings is 1. The summed E-state index contributed by atoms with van der Waals surface area (Å²) in [5, 5.41) is 6.07. The first-order valence-corrected chi connectivity index (χ1v) is 11.5. The van der Waals surface area contributed by atoms with Crippen molar-refractivity contribution < 1.29 is 9.32 Å². The monoisotopic (exact) mass is 424 g/mol. The van der Waals surface area contributed by atoms with Gasteiger partial charge in [0.1, 0.15) is 0 Å². The van der Waals surface area contributed by atoms with Crippen molar-refractivity contribution >= 4 is 17.2 Å². The van der Waals surface area contributed by atoms with Crippen molar-refractivity contribution in [2.24, 2.45) is 0 Å².